The van der Waals surface area contributed by atoms with Crippen molar-refractivity contribution >= 4 is 22.0 Å². The third kappa shape index (κ3) is 3.59. The van der Waals surface area contributed by atoms with Gasteiger partial charge < -0.3 is 9.84 Å². The first-order chi connectivity index (χ1) is 9.75. The molecule has 0 saturated carbocycles. The van der Waals surface area contributed by atoms with E-state index in [2.05, 4.69) is 4.74 Å². The van der Waals surface area contributed by atoms with E-state index >= 15 is 0 Å². The summed E-state index contributed by atoms with van der Waals surface area (Å²) in [5.74, 6) is -1.90. The lowest BCUT2D eigenvalue weighted by molar-refractivity contribution is -0.141. The van der Waals surface area contributed by atoms with E-state index in [1.165, 1.54) is 32.4 Å². The van der Waals surface area contributed by atoms with Crippen molar-refractivity contribution in [2.24, 2.45) is 0 Å². The fourth-order valence-electron chi connectivity index (χ4n) is 1.82. The van der Waals surface area contributed by atoms with Crippen LogP contribution < -0.4 is 0 Å². The number of esters is 1. The molecule has 0 saturated heterocycles. The van der Waals surface area contributed by atoms with Gasteiger partial charge in [0.1, 0.15) is 6.04 Å². The van der Waals surface area contributed by atoms with Crippen LogP contribution in [-0.4, -0.2) is 50.0 Å². The zero-order chi connectivity index (χ0) is 16.2. The number of hydrogen-bond donors (Lipinski definition) is 1. The Kier molecular flexibility index (Phi) is 5.45. The minimum absolute atomic E-state index is 0.0790. The molecule has 0 bridgehead atoms. The molecule has 1 atom stereocenters. The highest BCUT2D eigenvalue weighted by Crippen LogP contribution is 2.19. The molecule has 1 aromatic rings. The molecule has 1 N–H and O–H groups in total. The Morgan fingerprint density at radius 1 is 1.38 bits per heavy atom. The number of aliphatic carboxylic acids is 1. The Morgan fingerprint density at radius 3 is 2.48 bits per heavy atom. The van der Waals surface area contributed by atoms with Crippen LogP contribution in [0.4, 0.5) is 0 Å². The smallest absolute Gasteiger partial charge is 0.337 e. The number of hydrogen-bond acceptors (Lipinski definition) is 5. The lowest BCUT2D eigenvalue weighted by Gasteiger charge is -2.23. The van der Waals surface area contributed by atoms with Crippen molar-refractivity contribution in [3.05, 3.63) is 29.8 Å². The molecule has 8 heteroatoms. The fourth-order valence-corrected chi connectivity index (χ4v) is 3.26. The molecule has 0 spiro atoms. The number of likely N-dealkylation sites (N-methyl/N-ethyl adjacent to an activating group) is 1. The second kappa shape index (κ2) is 6.68. The average Bonchev–Trinajstić information content (AvgIpc) is 2.46. The van der Waals surface area contributed by atoms with Gasteiger partial charge in [-0.05, 0) is 24.6 Å². The van der Waals surface area contributed by atoms with Crippen molar-refractivity contribution in [1.29, 1.82) is 0 Å². The highest BCUT2D eigenvalue weighted by atomic mass is 32.2. The lowest BCUT2D eigenvalue weighted by Crippen LogP contribution is -2.41. The average molecular weight is 315 g/mol. The molecule has 116 valence electrons. The van der Waals surface area contributed by atoms with Gasteiger partial charge in [0.2, 0.25) is 10.0 Å². The Hall–Kier alpha value is -1.93. The first-order valence-electron chi connectivity index (χ1n) is 6.15. The molecule has 1 aromatic carbocycles. The number of benzene rings is 1. The van der Waals surface area contributed by atoms with E-state index in [4.69, 9.17) is 5.11 Å². The molecule has 0 aliphatic carbocycles. The van der Waals surface area contributed by atoms with E-state index in [0.717, 1.165) is 10.4 Å². The van der Waals surface area contributed by atoms with Crippen LogP contribution in [0.3, 0.4) is 0 Å². The van der Waals surface area contributed by atoms with E-state index < -0.39 is 28.0 Å². The summed E-state index contributed by atoms with van der Waals surface area (Å²) < 4.78 is 30.1. The molecule has 1 unspecified atom stereocenters. The second-order valence-electron chi connectivity index (χ2n) is 4.30. The van der Waals surface area contributed by atoms with Crippen LogP contribution in [0.2, 0.25) is 0 Å². The Balaban J connectivity index is 3.25. The summed E-state index contributed by atoms with van der Waals surface area (Å²) in [6, 6.07) is 4.10. The number of rotatable bonds is 6. The van der Waals surface area contributed by atoms with Crippen LogP contribution in [-0.2, 0) is 19.6 Å². The van der Waals surface area contributed by atoms with Crippen molar-refractivity contribution < 1.29 is 27.9 Å². The molecule has 7 nitrogen and oxygen atoms in total. The van der Waals surface area contributed by atoms with Gasteiger partial charge in [-0.1, -0.05) is 13.0 Å². The Bertz CT molecular complexity index is 640. The molecule has 1 rings (SSSR count). The van der Waals surface area contributed by atoms with E-state index in [9.17, 15) is 18.0 Å². The van der Waals surface area contributed by atoms with Gasteiger partial charge in [-0.15, -0.1) is 0 Å². The van der Waals surface area contributed by atoms with Crippen molar-refractivity contribution in [1.82, 2.24) is 4.31 Å². The lowest BCUT2D eigenvalue weighted by atomic mass is 10.2. The van der Waals surface area contributed by atoms with Crippen molar-refractivity contribution in [2.75, 3.05) is 14.2 Å². The molecule has 0 heterocycles. The zero-order valence-electron chi connectivity index (χ0n) is 11.9. The first kappa shape index (κ1) is 17.1. The highest BCUT2D eigenvalue weighted by Gasteiger charge is 2.31. The first-order valence-corrected chi connectivity index (χ1v) is 7.59. The quantitative estimate of drug-likeness (QED) is 0.785. The van der Waals surface area contributed by atoms with Gasteiger partial charge in [0.05, 0.1) is 17.6 Å². The number of carbonyl (C=O) groups is 2. The van der Waals surface area contributed by atoms with E-state index in [1.54, 1.807) is 6.92 Å². The predicted octanol–water partition coefficient (Wildman–Crippen LogP) is 0.957. The van der Waals surface area contributed by atoms with E-state index in [-0.39, 0.29) is 16.9 Å². The molecule has 0 fully saturated rings. The van der Waals surface area contributed by atoms with Gasteiger partial charge in [0, 0.05) is 7.05 Å². The molecule has 0 amide bonds. The molecule has 0 aliphatic heterocycles. The summed E-state index contributed by atoms with van der Waals surface area (Å²) in [6.45, 7) is 1.58. The minimum Gasteiger partial charge on any atom is -0.480 e. The Labute approximate surface area is 123 Å². The van der Waals surface area contributed by atoms with Crippen molar-refractivity contribution in [3.8, 4) is 0 Å². The number of methoxy groups -OCH3 is 1. The maximum Gasteiger partial charge on any atom is 0.337 e. The molecule has 21 heavy (non-hydrogen) atoms. The van der Waals surface area contributed by atoms with Crippen LogP contribution in [0, 0.1) is 0 Å². The third-order valence-electron chi connectivity index (χ3n) is 3.04. The summed E-state index contributed by atoms with van der Waals surface area (Å²) in [6.07, 6.45) is 0.127. The van der Waals surface area contributed by atoms with Gasteiger partial charge in [-0.3, -0.25) is 4.79 Å². The fraction of sp³-hybridized carbons (Fsp3) is 0.385. The Morgan fingerprint density at radius 2 is 2.00 bits per heavy atom. The molecule has 0 aromatic heterocycles. The normalized spacial score (nSPS) is 13.0. The maximum atomic E-state index is 12.4. The van der Waals surface area contributed by atoms with Gasteiger partial charge in [0.15, 0.2) is 0 Å². The van der Waals surface area contributed by atoms with Gasteiger partial charge >= 0.3 is 11.9 Å². The SMILES string of the molecule is CCC(C(=O)O)N(C)S(=O)(=O)c1cccc(C(=O)OC)c1. The van der Waals surface area contributed by atoms with Crippen molar-refractivity contribution in [3.63, 3.8) is 0 Å². The van der Waals surface area contributed by atoms with Crippen LogP contribution in [0.25, 0.3) is 0 Å². The topological polar surface area (TPSA) is 101 Å². The molecule has 0 aliphatic rings. The van der Waals surface area contributed by atoms with E-state index in [0.29, 0.717) is 0 Å². The predicted molar refractivity (Wildman–Crippen MR) is 74.4 cm³/mol. The number of ether oxygens (including phenoxy) is 1. The number of carbonyl (C=O) groups excluding carboxylic acids is 1. The number of carboxylic acid groups (broad SMARTS) is 1. The minimum atomic E-state index is -4.01. The molecule has 0 radical (unpaired) electrons. The van der Waals surface area contributed by atoms with Crippen LogP contribution in [0.15, 0.2) is 29.2 Å². The van der Waals surface area contributed by atoms with Crippen LogP contribution >= 0.6 is 0 Å². The van der Waals surface area contributed by atoms with Gasteiger partial charge in [0.25, 0.3) is 0 Å². The van der Waals surface area contributed by atoms with Crippen molar-refractivity contribution in [2.45, 2.75) is 24.3 Å². The zero-order valence-corrected chi connectivity index (χ0v) is 12.8. The van der Waals surface area contributed by atoms with Crippen LogP contribution in [0.5, 0.6) is 0 Å². The number of nitrogens with zero attached hydrogens (tertiary/aromatic N) is 1. The molecular formula is C13H17NO6S. The summed E-state index contributed by atoms with van der Waals surface area (Å²) in [5.41, 5.74) is 0.0790. The summed E-state index contributed by atoms with van der Waals surface area (Å²) >= 11 is 0. The van der Waals surface area contributed by atoms with Crippen LogP contribution in [0.1, 0.15) is 23.7 Å². The summed E-state index contributed by atoms with van der Waals surface area (Å²) in [7, 11) is -1.63. The monoisotopic (exact) mass is 315 g/mol. The number of sulfonamides is 1. The number of carboxylic acids is 1. The summed E-state index contributed by atoms with van der Waals surface area (Å²) in [5, 5.41) is 9.05. The molecular weight excluding hydrogens is 298 g/mol. The van der Waals surface area contributed by atoms with Gasteiger partial charge in [-0.25, -0.2) is 13.2 Å². The summed E-state index contributed by atoms with van der Waals surface area (Å²) in [4.78, 5) is 22.4. The largest absolute Gasteiger partial charge is 0.480 e. The third-order valence-corrected chi connectivity index (χ3v) is 4.91. The highest BCUT2D eigenvalue weighted by molar-refractivity contribution is 7.89. The van der Waals surface area contributed by atoms with Gasteiger partial charge in [-0.2, -0.15) is 4.31 Å². The van der Waals surface area contributed by atoms with E-state index in [1.807, 2.05) is 0 Å². The standard InChI is InChI=1S/C13H17NO6S/c1-4-11(12(15)16)14(2)21(18,19)10-7-5-6-9(8-10)13(17)20-3/h5-8,11H,4H2,1-3H3,(H,15,16). The second-order valence-corrected chi connectivity index (χ2v) is 6.30. The maximum absolute atomic E-state index is 12.4.